The van der Waals surface area contributed by atoms with Crippen molar-refractivity contribution >= 4 is 6.47 Å². The van der Waals surface area contributed by atoms with Gasteiger partial charge in [0, 0.05) is 0 Å². The van der Waals surface area contributed by atoms with E-state index in [1.807, 2.05) is 0 Å². The van der Waals surface area contributed by atoms with Gasteiger partial charge in [0.2, 0.25) is 0 Å². The molecule has 0 fully saturated rings. The summed E-state index contributed by atoms with van der Waals surface area (Å²) in [5.74, 6) is 0.608. The summed E-state index contributed by atoms with van der Waals surface area (Å²) in [4.78, 5) is 9.45. The Kier molecular flexibility index (Phi) is 4.88. The fourth-order valence-corrected chi connectivity index (χ4v) is 0.404. The fourth-order valence-electron chi connectivity index (χ4n) is 0.404. The average molecular weight is 127 g/mol. The highest BCUT2D eigenvalue weighted by atomic mass is 16.5. The molecule has 2 heteroatoms. The second-order valence-corrected chi connectivity index (χ2v) is 2.20. The van der Waals surface area contributed by atoms with Crippen molar-refractivity contribution in [2.45, 2.75) is 20.3 Å². The lowest BCUT2D eigenvalue weighted by molar-refractivity contribution is 0.396. The van der Waals surface area contributed by atoms with Gasteiger partial charge in [0.25, 0.3) is 0 Å². The molecular formula is C7H11O2. The summed E-state index contributed by atoms with van der Waals surface area (Å²) in [5.41, 5.74) is 0. The van der Waals surface area contributed by atoms with Crippen LogP contribution in [0, 0.1) is 5.92 Å². The molecule has 0 aliphatic rings. The molecule has 0 saturated carbocycles. The van der Waals surface area contributed by atoms with Gasteiger partial charge in [0.05, 0.1) is 6.26 Å². The van der Waals surface area contributed by atoms with Crippen molar-refractivity contribution in [3.05, 3.63) is 12.3 Å². The van der Waals surface area contributed by atoms with Crippen molar-refractivity contribution in [2.24, 2.45) is 5.92 Å². The first-order valence-corrected chi connectivity index (χ1v) is 2.95. The van der Waals surface area contributed by atoms with Crippen LogP contribution in [-0.4, -0.2) is 6.47 Å². The molecular weight excluding hydrogens is 116 g/mol. The molecule has 0 unspecified atom stereocenters. The zero-order valence-electron chi connectivity index (χ0n) is 5.76. The van der Waals surface area contributed by atoms with Crippen LogP contribution in [0.3, 0.4) is 0 Å². The van der Waals surface area contributed by atoms with Crippen molar-refractivity contribution in [1.82, 2.24) is 0 Å². The van der Waals surface area contributed by atoms with Gasteiger partial charge in [0.1, 0.15) is 0 Å². The molecule has 2 nitrogen and oxygen atoms in total. The SMILES string of the molecule is CC(C)CC=CO[C]=O. The van der Waals surface area contributed by atoms with E-state index < -0.39 is 0 Å². The average Bonchev–Trinajstić information content (AvgIpc) is 1.80. The Morgan fingerprint density at radius 2 is 2.33 bits per heavy atom. The Morgan fingerprint density at radius 3 is 2.78 bits per heavy atom. The summed E-state index contributed by atoms with van der Waals surface area (Å²) >= 11 is 0. The van der Waals surface area contributed by atoms with Gasteiger partial charge in [0.15, 0.2) is 0 Å². The largest absolute Gasteiger partial charge is 0.426 e. The third-order valence-electron chi connectivity index (χ3n) is 0.820. The Labute approximate surface area is 55.5 Å². The van der Waals surface area contributed by atoms with Crippen molar-refractivity contribution in [1.29, 1.82) is 0 Å². The third-order valence-corrected chi connectivity index (χ3v) is 0.820. The van der Waals surface area contributed by atoms with Crippen LogP contribution in [0.25, 0.3) is 0 Å². The van der Waals surface area contributed by atoms with Crippen LogP contribution >= 0.6 is 0 Å². The quantitative estimate of drug-likeness (QED) is 0.536. The smallest absolute Gasteiger partial charge is 0.422 e. The fraction of sp³-hybridized carbons (Fsp3) is 0.571. The molecule has 51 valence electrons. The number of carbonyl (C=O) groups excluding carboxylic acids is 1. The molecule has 0 N–H and O–H groups in total. The van der Waals surface area contributed by atoms with E-state index in [4.69, 9.17) is 0 Å². The molecule has 0 aliphatic heterocycles. The van der Waals surface area contributed by atoms with E-state index >= 15 is 0 Å². The lowest BCUT2D eigenvalue weighted by Crippen LogP contribution is -1.81. The second kappa shape index (κ2) is 5.35. The molecule has 1 radical (unpaired) electrons. The first-order valence-electron chi connectivity index (χ1n) is 2.95. The van der Waals surface area contributed by atoms with Crippen LogP contribution in [0.5, 0.6) is 0 Å². The topological polar surface area (TPSA) is 26.3 Å². The Balaban J connectivity index is 3.14. The van der Waals surface area contributed by atoms with Gasteiger partial charge in [-0.1, -0.05) is 13.8 Å². The molecule has 0 aromatic carbocycles. The normalized spacial score (nSPS) is 10.6. The molecule has 0 heterocycles. The van der Waals surface area contributed by atoms with E-state index in [2.05, 4.69) is 18.6 Å². The van der Waals surface area contributed by atoms with Gasteiger partial charge in [-0.25, -0.2) is 4.79 Å². The molecule has 0 amide bonds. The van der Waals surface area contributed by atoms with Crippen LogP contribution in [-0.2, 0) is 9.53 Å². The number of allylic oxidation sites excluding steroid dienone is 1. The molecule has 0 bridgehead atoms. The van der Waals surface area contributed by atoms with E-state index in [1.165, 1.54) is 12.7 Å². The summed E-state index contributed by atoms with van der Waals surface area (Å²) in [5, 5.41) is 0. The summed E-state index contributed by atoms with van der Waals surface area (Å²) in [7, 11) is 0. The molecule has 0 rings (SSSR count). The van der Waals surface area contributed by atoms with Gasteiger partial charge >= 0.3 is 6.47 Å². The molecule has 0 spiro atoms. The van der Waals surface area contributed by atoms with Gasteiger partial charge in [-0.2, -0.15) is 0 Å². The van der Waals surface area contributed by atoms with Crippen molar-refractivity contribution in [3.8, 4) is 0 Å². The van der Waals surface area contributed by atoms with Crippen LogP contribution in [0.2, 0.25) is 0 Å². The lowest BCUT2D eigenvalue weighted by Gasteiger charge is -1.94. The van der Waals surface area contributed by atoms with E-state index in [1.54, 1.807) is 6.08 Å². The second-order valence-electron chi connectivity index (χ2n) is 2.20. The van der Waals surface area contributed by atoms with E-state index in [0.29, 0.717) is 5.92 Å². The van der Waals surface area contributed by atoms with Crippen LogP contribution < -0.4 is 0 Å². The van der Waals surface area contributed by atoms with Gasteiger partial charge in [-0.05, 0) is 18.4 Å². The standard InChI is InChI=1S/C7H11O2/c1-7(2)4-3-5-9-6-8/h3,5,7H,4H2,1-2H3. The van der Waals surface area contributed by atoms with Crippen molar-refractivity contribution < 1.29 is 9.53 Å². The lowest BCUT2D eigenvalue weighted by atomic mass is 10.1. The molecule has 0 saturated heterocycles. The zero-order chi connectivity index (χ0) is 7.11. The Hall–Kier alpha value is -0.790. The maximum Gasteiger partial charge on any atom is 0.422 e. The van der Waals surface area contributed by atoms with Crippen molar-refractivity contribution in [3.63, 3.8) is 0 Å². The first kappa shape index (κ1) is 8.21. The van der Waals surface area contributed by atoms with E-state index in [9.17, 15) is 4.79 Å². The number of hydrogen-bond donors (Lipinski definition) is 0. The first-order chi connectivity index (χ1) is 4.27. The van der Waals surface area contributed by atoms with E-state index in [0.717, 1.165) is 6.42 Å². The highest BCUT2D eigenvalue weighted by Crippen LogP contribution is 1.98. The summed E-state index contributed by atoms with van der Waals surface area (Å²) in [6, 6.07) is 0. The summed E-state index contributed by atoms with van der Waals surface area (Å²) in [6.45, 7) is 5.49. The highest BCUT2D eigenvalue weighted by Gasteiger charge is 1.85. The maximum absolute atomic E-state index is 9.45. The predicted molar refractivity (Wildman–Crippen MR) is 35.4 cm³/mol. The van der Waals surface area contributed by atoms with Gasteiger partial charge in [-0.15, -0.1) is 0 Å². The molecule has 0 aliphatic carbocycles. The summed E-state index contributed by atoms with van der Waals surface area (Å²) < 4.78 is 4.20. The maximum atomic E-state index is 9.45. The highest BCUT2D eigenvalue weighted by molar-refractivity contribution is 5.39. The zero-order valence-corrected chi connectivity index (χ0v) is 5.76. The summed E-state index contributed by atoms with van der Waals surface area (Å²) in [6.07, 6.45) is 4.09. The Morgan fingerprint density at radius 1 is 1.67 bits per heavy atom. The molecule has 0 atom stereocenters. The number of hydrogen-bond acceptors (Lipinski definition) is 2. The van der Waals surface area contributed by atoms with Crippen LogP contribution in [0.1, 0.15) is 20.3 Å². The monoisotopic (exact) mass is 127 g/mol. The van der Waals surface area contributed by atoms with E-state index in [-0.39, 0.29) is 0 Å². The van der Waals surface area contributed by atoms with Gasteiger partial charge in [-0.3, -0.25) is 0 Å². The molecule has 0 aromatic rings. The number of ether oxygens (including phenoxy) is 1. The molecule has 9 heavy (non-hydrogen) atoms. The predicted octanol–water partition coefficient (Wildman–Crippen LogP) is 1.63. The third kappa shape index (κ3) is 7.21. The number of rotatable bonds is 4. The van der Waals surface area contributed by atoms with Gasteiger partial charge < -0.3 is 4.74 Å². The van der Waals surface area contributed by atoms with Crippen molar-refractivity contribution in [2.75, 3.05) is 0 Å². The minimum absolute atomic E-state index is 0.608. The minimum atomic E-state index is 0.608. The minimum Gasteiger partial charge on any atom is -0.426 e. The van der Waals surface area contributed by atoms with Crippen LogP contribution in [0.15, 0.2) is 12.3 Å². The van der Waals surface area contributed by atoms with Crippen LogP contribution in [0.4, 0.5) is 0 Å². The Bertz CT molecular complexity index is 95.1. The molecule has 0 aromatic heterocycles.